The second-order valence-corrected chi connectivity index (χ2v) is 9.74. The number of carbonyl (C=O) groups excluding carboxylic acids is 1. The van der Waals surface area contributed by atoms with Crippen LogP contribution in [0.2, 0.25) is 5.02 Å². The first-order valence-electron chi connectivity index (χ1n) is 11.9. The third-order valence-corrected chi connectivity index (χ3v) is 7.30. The number of nitrogens with zero attached hydrogens (tertiary/aromatic N) is 4. The van der Waals surface area contributed by atoms with E-state index in [0.717, 1.165) is 60.1 Å². The van der Waals surface area contributed by atoms with Crippen molar-refractivity contribution in [1.29, 1.82) is 0 Å². The summed E-state index contributed by atoms with van der Waals surface area (Å²) in [4.78, 5) is 27.2. The number of aromatic nitrogens is 2. The smallest absolute Gasteiger partial charge is 0.254 e. The maximum Gasteiger partial charge on any atom is 0.254 e. The standard InChI is InChI=1S/C29H25ClN4O/c30-24-10-6-9-21(15-24)25-11-4-5-12-26(25)28(35)33-16-22-18-34(19-23(22)17-33)29-31-14-13-27(32-29)20-7-2-1-3-8-20/h1-15,22-23H,16-19H2. The first-order valence-corrected chi connectivity index (χ1v) is 12.3. The Kier molecular flexibility index (Phi) is 5.71. The minimum absolute atomic E-state index is 0.0869. The van der Waals surface area contributed by atoms with Gasteiger partial charge in [0, 0.05) is 60.4 Å². The van der Waals surface area contributed by atoms with Crippen molar-refractivity contribution < 1.29 is 4.79 Å². The Morgan fingerprint density at radius 2 is 1.51 bits per heavy atom. The Morgan fingerprint density at radius 3 is 2.29 bits per heavy atom. The number of hydrogen-bond donors (Lipinski definition) is 0. The minimum Gasteiger partial charge on any atom is -0.340 e. The van der Waals surface area contributed by atoms with Crippen LogP contribution in [-0.2, 0) is 0 Å². The number of halogens is 1. The summed E-state index contributed by atoms with van der Waals surface area (Å²) in [5, 5.41) is 0.666. The molecule has 0 spiro atoms. The van der Waals surface area contributed by atoms with Crippen LogP contribution in [0.3, 0.4) is 0 Å². The van der Waals surface area contributed by atoms with Gasteiger partial charge in [-0.15, -0.1) is 0 Å². The molecule has 2 fully saturated rings. The summed E-state index contributed by atoms with van der Waals surface area (Å²) in [6.45, 7) is 3.23. The van der Waals surface area contributed by atoms with E-state index in [-0.39, 0.29) is 5.91 Å². The van der Waals surface area contributed by atoms with E-state index in [1.54, 1.807) is 0 Å². The molecule has 4 aromatic rings. The fraction of sp³-hybridized carbons (Fsp3) is 0.207. The lowest BCUT2D eigenvalue weighted by Crippen LogP contribution is -2.34. The Morgan fingerprint density at radius 1 is 0.800 bits per heavy atom. The number of anilines is 1. The van der Waals surface area contributed by atoms with Gasteiger partial charge in [-0.3, -0.25) is 4.79 Å². The number of benzene rings is 3. The maximum atomic E-state index is 13.6. The van der Waals surface area contributed by atoms with Crippen molar-refractivity contribution in [2.45, 2.75) is 0 Å². The molecule has 2 saturated heterocycles. The number of hydrogen-bond acceptors (Lipinski definition) is 4. The molecule has 2 aliphatic rings. The van der Waals surface area contributed by atoms with Crippen LogP contribution in [-0.4, -0.2) is 47.0 Å². The molecule has 35 heavy (non-hydrogen) atoms. The highest BCUT2D eigenvalue weighted by molar-refractivity contribution is 6.30. The first kappa shape index (κ1) is 21.8. The van der Waals surface area contributed by atoms with E-state index in [9.17, 15) is 4.79 Å². The van der Waals surface area contributed by atoms with E-state index in [2.05, 4.69) is 22.0 Å². The maximum absolute atomic E-state index is 13.6. The second kappa shape index (κ2) is 9.16. The van der Waals surface area contributed by atoms with Crippen LogP contribution in [0, 0.1) is 11.8 Å². The zero-order valence-electron chi connectivity index (χ0n) is 19.2. The lowest BCUT2D eigenvalue weighted by molar-refractivity contribution is 0.0783. The average Bonchev–Trinajstić information content (AvgIpc) is 3.49. The molecular weight excluding hydrogens is 456 g/mol. The molecule has 1 aromatic heterocycles. The molecule has 6 heteroatoms. The Hall–Kier alpha value is -3.70. The van der Waals surface area contributed by atoms with E-state index < -0.39 is 0 Å². The molecule has 3 aromatic carbocycles. The fourth-order valence-corrected chi connectivity index (χ4v) is 5.53. The molecule has 5 nitrogen and oxygen atoms in total. The van der Waals surface area contributed by atoms with Gasteiger partial charge in [0.2, 0.25) is 5.95 Å². The molecule has 3 heterocycles. The molecule has 2 aliphatic heterocycles. The van der Waals surface area contributed by atoms with Crippen molar-refractivity contribution in [3.05, 3.63) is 102 Å². The van der Waals surface area contributed by atoms with Crippen LogP contribution in [0.15, 0.2) is 91.1 Å². The topological polar surface area (TPSA) is 49.3 Å². The van der Waals surface area contributed by atoms with Gasteiger partial charge < -0.3 is 9.80 Å². The summed E-state index contributed by atoms with van der Waals surface area (Å²) in [5.41, 5.74) is 4.63. The quantitative estimate of drug-likeness (QED) is 0.377. The zero-order valence-corrected chi connectivity index (χ0v) is 20.0. The van der Waals surface area contributed by atoms with Crippen molar-refractivity contribution >= 4 is 23.5 Å². The van der Waals surface area contributed by atoms with Gasteiger partial charge in [-0.1, -0.05) is 72.3 Å². The van der Waals surface area contributed by atoms with Gasteiger partial charge >= 0.3 is 0 Å². The van der Waals surface area contributed by atoms with Crippen molar-refractivity contribution in [2.24, 2.45) is 11.8 Å². The highest BCUT2D eigenvalue weighted by Gasteiger charge is 2.42. The molecule has 1 amide bonds. The van der Waals surface area contributed by atoms with Crippen molar-refractivity contribution in [2.75, 3.05) is 31.1 Å². The largest absolute Gasteiger partial charge is 0.340 e. The summed E-state index contributed by atoms with van der Waals surface area (Å²) in [6, 6.07) is 27.6. The molecule has 2 unspecified atom stereocenters. The number of likely N-dealkylation sites (tertiary alicyclic amines) is 1. The number of fused-ring (bicyclic) bond motifs is 1. The van der Waals surface area contributed by atoms with Gasteiger partial charge in [0.05, 0.1) is 5.69 Å². The normalized spacial score (nSPS) is 19.1. The molecule has 174 valence electrons. The zero-order chi connectivity index (χ0) is 23.8. The number of amides is 1. The first-order chi connectivity index (χ1) is 17.2. The van der Waals surface area contributed by atoms with Crippen LogP contribution in [0.25, 0.3) is 22.4 Å². The molecule has 0 radical (unpaired) electrons. The lowest BCUT2D eigenvalue weighted by atomic mass is 9.99. The van der Waals surface area contributed by atoms with Gasteiger partial charge in [-0.2, -0.15) is 0 Å². The van der Waals surface area contributed by atoms with Crippen LogP contribution in [0.5, 0.6) is 0 Å². The summed E-state index contributed by atoms with van der Waals surface area (Å²) in [6.07, 6.45) is 1.83. The summed E-state index contributed by atoms with van der Waals surface area (Å²) in [7, 11) is 0. The van der Waals surface area contributed by atoms with Gasteiger partial charge in [0.15, 0.2) is 0 Å². The second-order valence-electron chi connectivity index (χ2n) is 9.30. The predicted molar refractivity (Wildman–Crippen MR) is 139 cm³/mol. The van der Waals surface area contributed by atoms with Gasteiger partial charge in [0.25, 0.3) is 5.91 Å². The number of carbonyl (C=O) groups is 1. The Bertz CT molecular complexity index is 1360. The Labute approximate surface area is 210 Å². The van der Waals surface area contributed by atoms with E-state index >= 15 is 0 Å². The van der Waals surface area contributed by atoms with E-state index in [1.165, 1.54) is 0 Å². The number of rotatable bonds is 4. The highest BCUT2D eigenvalue weighted by atomic mass is 35.5. The fourth-order valence-electron chi connectivity index (χ4n) is 5.34. The van der Waals surface area contributed by atoms with Crippen LogP contribution in [0.4, 0.5) is 5.95 Å². The summed E-state index contributed by atoms with van der Waals surface area (Å²) >= 11 is 6.22. The van der Waals surface area contributed by atoms with Crippen LogP contribution in [0.1, 0.15) is 10.4 Å². The van der Waals surface area contributed by atoms with Crippen molar-refractivity contribution in [3.63, 3.8) is 0 Å². The molecule has 0 bridgehead atoms. The molecule has 0 aliphatic carbocycles. The predicted octanol–water partition coefficient (Wildman–Crippen LogP) is 5.67. The summed E-state index contributed by atoms with van der Waals surface area (Å²) in [5.74, 6) is 1.69. The van der Waals surface area contributed by atoms with Crippen LogP contribution >= 0.6 is 11.6 Å². The van der Waals surface area contributed by atoms with Gasteiger partial charge in [-0.25, -0.2) is 9.97 Å². The lowest BCUT2D eigenvalue weighted by Gasteiger charge is -2.23. The molecule has 0 saturated carbocycles. The van der Waals surface area contributed by atoms with Crippen LogP contribution < -0.4 is 4.90 Å². The van der Waals surface area contributed by atoms with E-state index in [0.29, 0.717) is 16.9 Å². The average molecular weight is 481 g/mol. The van der Waals surface area contributed by atoms with E-state index in [4.69, 9.17) is 16.6 Å². The Balaban J connectivity index is 1.17. The third-order valence-electron chi connectivity index (χ3n) is 7.06. The van der Waals surface area contributed by atoms with Crippen molar-refractivity contribution in [1.82, 2.24) is 14.9 Å². The third kappa shape index (κ3) is 4.28. The molecule has 6 rings (SSSR count). The highest BCUT2D eigenvalue weighted by Crippen LogP contribution is 2.35. The molecular formula is C29H25ClN4O. The summed E-state index contributed by atoms with van der Waals surface area (Å²) < 4.78 is 0. The molecule has 2 atom stereocenters. The van der Waals surface area contributed by atoms with E-state index in [1.807, 2.05) is 83.9 Å². The monoisotopic (exact) mass is 480 g/mol. The van der Waals surface area contributed by atoms with Gasteiger partial charge in [0.1, 0.15) is 0 Å². The van der Waals surface area contributed by atoms with Gasteiger partial charge in [-0.05, 0) is 35.4 Å². The molecule has 0 N–H and O–H groups in total. The van der Waals surface area contributed by atoms with Crippen molar-refractivity contribution in [3.8, 4) is 22.4 Å². The minimum atomic E-state index is 0.0869. The SMILES string of the molecule is O=C(c1ccccc1-c1cccc(Cl)c1)N1CC2CN(c3nccc(-c4ccccc4)n3)CC2C1.